The van der Waals surface area contributed by atoms with Crippen molar-refractivity contribution in [3.8, 4) is 17.5 Å². The van der Waals surface area contributed by atoms with E-state index in [1.807, 2.05) is 25.1 Å². The van der Waals surface area contributed by atoms with Gasteiger partial charge >= 0.3 is 0 Å². The molecule has 2 aromatic heterocycles. The Balaban J connectivity index is 1.66. The van der Waals surface area contributed by atoms with Gasteiger partial charge in [0.1, 0.15) is 5.82 Å². The molecule has 0 fully saturated rings. The van der Waals surface area contributed by atoms with Gasteiger partial charge in [0.05, 0.1) is 17.2 Å². The summed E-state index contributed by atoms with van der Waals surface area (Å²) in [5, 5.41) is 11.5. The fourth-order valence-electron chi connectivity index (χ4n) is 2.74. The molecule has 1 amide bonds. The van der Waals surface area contributed by atoms with Gasteiger partial charge in [-0.1, -0.05) is 6.07 Å². The molecule has 0 aliphatic heterocycles. The van der Waals surface area contributed by atoms with E-state index in [0.717, 1.165) is 11.6 Å². The van der Waals surface area contributed by atoms with E-state index in [4.69, 9.17) is 9.68 Å². The normalized spacial score (nSPS) is 10.6. The highest BCUT2D eigenvalue weighted by atomic mass is 19.1. The average Bonchev–Trinajstić information content (AvgIpc) is 3.13. The first-order chi connectivity index (χ1) is 13.5. The van der Waals surface area contributed by atoms with Gasteiger partial charge in [0.2, 0.25) is 5.89 Å². The fourth-order valence-corrected chi connectivity index (χ4v) is 2.74. The van der Waals surface area contributed by atoms with Crippen molar-refractivity contribution in [2.45, 2.75) is 6.92 Å². The number of carbonyl (C=O) groups is 1. The van der Waals surface area contributed by atoms with Crippen molar-refractivity contribution >= 4 is 22.8 Å². The van der Waals surface area contributed by atoms with Crippen molar-refractivity contribution in [2.75, 3.05) is 5.32 Å². The summed E-state index contributed by atoms with van der Waals surface area (Å²) in [6, 6.07) is 14.4. The SMILES string of the molecule is Cc1ccc(-c2nc3ncccc3o2)cc1NC(=O)c1ccc(C#N)cc1F. The Kier molecular flexibility index (Phi) is 4.30. The van der Waals surface area contributed by atoms with Crippen LogP contribution in [0.5, 0.6) is 0 Å². The number of nitriles is 1. The van der Waals surface area contributed by atoms with Crippen molar-refractivity contribution in [1.29, 1.82) is 5.26 Å². The van der Waals surface area contributed by atoms with Crippen molar-refractivity contribution in [1.82, 2.24) is 9.97 Å². The first-order valence-corrected chi connectivity index (χ1v) is 8.39. The van der Waals surface area contributed by atoms with Crippen LogP contribution in [0.15, 0.2) is 59.1 Å². The molecule has 0 aliphatic carbocycles. The zero-order chi connectivity index (χ0) is 19.7. The summed E-state index contributed by atoms with van der Waals surface area (Å²) in [4.78, 5) is 21.0. The summed E-state index contributed by atoms with van der Waals surface area (Å²) in [6.45, 7) is 1.82. The number of benzene rings is 2. The lowest BCUT2D eigenvalue weighted by Gasteiger charge is -2.10. The van der Waals surface area contributed by atoms with Gasteiger partial charge in [0.15, 0.2) is 11.2 Å². The second kappa shape index (κ2) is 6.93. The third-order valence-electron chi connectivity index (χ3n) is 4.24. The number of carbonyl (C=O) groups excluding carboxylic acids is 1. The predicted octanol–water partition coefficient (Wildman–Crippen LogP) is 4.46. The van der Waals surface area contributed by atoms with E-state index in [9.17, 15) is 9.18 Å². The number of amides is 1. The summed E-state index contributed by atoms with van der Waals surface area (Å²) in [6.07, 6.45) is 1.63. The van der Waals surface area contributed by atoms with Gasteiger partial charge < -0.3 is 9.73 Å². The highest BCUT2D eigenvalue weighted by Crippen LogP contribution is 2.27. The zero-order valence-electron chi connectivity index (χ0n) is 14.7. The Morgan fingerprint density at radius 2 is 2.07 bits per heavy atom. The lowest BCUT2D eigenvalue weighted by Crippen LogP contribution is -2.14. The van der Waals surface area contributed by atoms with E-state index in [0.29, 0.717) is 28.4 Å². The van der Waals surface area contributed by atoms with Crippen molar-refractivity contribution < 1.29 is 13.6 Å². The lowest BCUT2D eigenvalue weighted by molar-refractivity contribution is 0.102. The quantitative estimate of drug-likeness (QED) is 0.573. The van der Waals surface area contributed by atoms with Crippen LogP contribution >= 0.6 is 0 Å². The molecule has 7 heteroatoms. The second-order valence-corrected chi connectivity index (χ2v) is 6.13. The molecule has 4 aromatic rings. The molecule has 1 N–H and O–H groups in total. The van der Waals surface area contributed by atoms with E-state index in [1.54, 1.807) is 24.4 Å². The van der Waals surface area contributed by atoms with Crippen LogP contribution in [-0.2, 0) is 0 Å². The molecule has 6 nitrogen and oxygen atoms in total. The number of hydrogen-bond acceptors (Lipinski definition) is 5. The molecular formula is C21H13FN4O2. The number of nitrogens with one attached hydrogen (secondary N) is 1. The number of rotatable bonds is 3. The topological polar surface area (TPSA) is 91.8 Å². The zero-order valence-corrected chi connectivity index (χ0v) is 14.7. The number of aryl methyl sites for hydroxylation is 1. The van der Waals surface area contributed by atoms with E-state index >= 15 is 0 Å². The van der Waals surface area contributed by atoms with Gasteiger partial charge in [-0.05, 0) is 55.0 Å². The molecule has 0 aliphatic rings. The highest BCUT2D eigenvalue weighted by Gasteiger charge is 2.15. The van der Waals surface area contributed by atoms with Crippen molar-refractivity contribution in [2.24, 2.45) is 0 Å². The molecule has 0 bridgehead atoms. The molecule has 0 saturated heterocycles. The number of nitrogens with zero attached hydrogens (tertiary/aromatic N) is 3. The van der Waals surface area contributed by atoms with Crippen molar-refractivity contribution in [3.63, 3.8) is 0 Å². The Morgan fingerprint density at radius 1 is 1.21 bits per heavy atom. The smallest absolute Gasteiger partial charge is 0.258 e. The molecule has 28 heavy (non-hydrogen) atoms. The summed E-state index contributed by atoms with van der Waals surface area (Å²) in [7, 11) is 0. The third kappa shape index (κ3) is 3.19. The number of anilines is 1. The average molecular weight is 372 g/mol. The van der Waals surface area contributed by atoms with Gasteiger partial charge in [0, 0.05) is 17.4 Å². The van der Waals surface area contributed by atoms with Gasteiger partial charge in [-0.25, -0.2) is 9.37 Å². The molecule has 4 rings (SSSR count). The first kappa shape index (κ1) is 17.4. The fraction of sp³-hybridized carbons (Fsp3) is 0.0476. The van der Waals surface area contributed by atoms with Gasteiger partial charge in [-0.3, -0.25) is 4.79 Å². The van der Waals surface area contributed by atoms with Crippen LogP contribution in [0.2, 0.25) is 0 Å². The molecule has 0 radical (unpaired) electrons. The summed E-state index contributed by atoms with van der Waals surface area (Å²) >= 11 is 0. The van der Waals surface area contributed by atoms with E-state index in [2.05, 4.69) is 15.3 Å². The summed E-state index contributed by atoms with van der Waals surface area (Å²) in [5.74, 6) is -0.995. The Bertz CT molecular complexity index is 1220. The number of fused-ring (bicyclic) bond motifs is 1. The predicted molar refractivity (Wildman–Crippen MR) is 101 cm³/mol. The maximum atomic E-state index is 14.1. The Labute approximate surface area is 159 Å². The van der Waals surface area contributed by atoms with E-state index in [1.165, 1.54) is 12.1 Å². The largest absolute Gasteiger partial charge is 0.434 e. The Hall–Kier alpha value is -4.05. The van der Waals surface area contributed by atoms with Crippen LogP contribution in [0.4, 0.5) is 10.1 Å². The maximum absolute atomic E-state index is 14.1. The van der Waals surface area contributed by atoms with E-state index in [-0.39, 0.29) is 11.1 Å². The molecule has 2 aromatic carbocycles. The molecule has 0 unspecified atom stereocenters. The van der Waals surface area contributed by atoms with Crippen LogP contribution in [-0.4, -0.2) is 15.9 Å². The molecule has 136 valence electrons. The highest BCUT2D eigenvalue weighted by molar-refractivity contribution is 6.05. The van der Waals surface area contributed by atoms with Crippen LogP contribution < -0.4 is 5.32 Å². The number of halogens is 1. The number of hydrogen-bond donors (Lipinski definition) is 1. The van der Waals surface area contributed by atoms with Crippen molar-refractivity contribution in [3.05, 3.63) is 77.2 Å². The second-order valence-electron chi connectivity index (χ2n) is 6.13. The van der Waals surface area contributed by atoms with Crippen LogP contribution in [0.1, 0.15) is 21.5 Å². The number of oxazole rings is 1. The molecule has 2 heterocycles. The molecule has 0 saturated carbocycles. The van der Waals surface area contributed by atoms with Crippen LogP contribution in [0.25, 0.3) is 22.7 Å². The minimum atomic E-state index is -0.754. The van der Waals surface area contributed by atoms with E-state index < -0.39 is 11.7 Å². The Morgan fingerprint density at radius 3 is 2.82 bits per heavy atom. The minimum Gasteiger partial charge on any atom is -0.434 e. The molecule has 0 atom stereocenters. The van der Waals surface area contributed by atoms with Crippen LogP contribution in [0.3, 0.4) is 0 Å². The van der Waals surface area contributed by atoms with Gasteiger partial charge in [-0.2, -0.15) is 10.2 Å². The third-order valence-corrected chi connectivity index (χ3v) is 4.24. The van der Waals surface area contributed by atoms with Gasteiger partial charge in [-0.15, -0.1) is 0 Å². The van der Waals surface area contributed by atoms with Gasteiger partial charge in [0.25, 0.3) is 5.91 Å². The minimum absolute atomic E-state index is 0.144. The lowest BCUT2D eigenvalue weighted by atomic mass is 10.1. The number of pyridine rings is 1. The summed E-state index contributed by atoms with van der Waals surface area (Å²) in [5.41, 5.74) is 3.00. The molecular weight excluding hydrogens is 359 g/mol. The standard InChI is InChI=1S/C21H13FN4O2/c1-12-4-6-14(21-26-19-18(28-21)3-2-8-24-19)10-17(12)25-20(27)15-7-5-13(11-23)9-16(15)22/h2-10H,1H3,(H,25,27). The monoisotopic (exact) mass is 372 g/mol. The first-order valence-electron chi connectivity index (χ1n) is 8.39. The van der Waals surface area contributed by atoms with Crippen LogP contribution in [0, 0.1) is 24.1 Å². The molecule has 0 spiro atoms. The number of aromatic nitrogens is 2. The maximum Gasteiger partial charge on any atom is 0.258 e. The summed E-state index contributed by atoms with van der Waals surface area (Å²) < 4.78 is 19.8.